The predicted octanol–water partition coefficient (Wildman–Crippen LogP) is 6.73. The average Bonchev–Trinajstić information content (AvgIpc) is 2.79. The molecule has 3 aromatic rings. The van der Waals surface area contributed by atoms with Gasteiger partial charge >= 0.3 is 0 Å². The van der Waals surface area contributed by atoms with Crippen LogP contribution in [0, 0.1) is 11.3 Å². The monoisotopic (exact) mass is 554 g/mol. The Morgan fingerprint density at radius 3 is 2.47 bits per heavy atom. The Kier molecular flexibility index (Phi) is 8.48. The Balaban J connectivity index is 1.85. The summed E-state index contributed by atoms with van der Waals surface area (Å²) < 4.78 is 13.2. The Bertz CT molecular complexity index is 1170. The molecular formula is C25H20Br2N2O3. The number of anilines is 1. The molecule has 0 radical (unpaired) electrons. The van der Waals surface area contributed by atoms with E-state index in [4.69, 9.17) is 9.47 Å². The third kappa shape index (κ3) is 6.46. The lowest BCUT2D eigenvalue weighted by molar-refractivity contribution is -0.112. The maximum Gasteiger partial charge on any atom is 0.266 e. The first-order valence-electron chi connectivity index (χ1n) is 9.82. The third-order valence-electron chi connectivity index (χ3n) is 4.35. The maximum atomic E-state index is 12.6. The van der Waals surface area contributed by atoms with E-state index in [2.05, 4.69) is 37.2 Å². The molecule has 0 aliphatic carbocycles. The van der Waals surface area contributed by atoms with E-state index < -0.39 is 5.91 Å². The van der Waals surface area contributed by atoms with Crippen molar-refractivity contribution in [3.8, 4) is 17.6 Å². The van der Waals surface area contributed by atoms with E-state index in [-0.39, 0.29) is 5.57 Å². The molecule has 0 spiro atoms. The van der Waals surface area contributed by atoms with Gasteiger partial charge in [0.15, 0.2) is 11.5 Å². The number of halogens is 2. The quantitative estimate of drug-likeness (QED) is 0.247. The van der Waals surface area contributed by atoms with Crippen LogP contribution >= 0.6 is 31.9 Å². The van der Waals surface area contributed by atoms with Gasteiger partial charge in [-0.15, -0.1) is 0 Å². The van der Waals surface area contributed by atoms with E-state index in [1.807, 2.05) is 49.4 Å². The molecule has 32 heavy (non-hydrogen) atoms. The van der Waals surface area contributed by atoms with Gasteiger partial charge in [0.1, 0.15) is 18.2 Å². The summed E-state index contributed by atoms with van der Waals surface area (Å²) in [7, 11) is 0. The largest absolute Gasteiger partial charge is 0.490 e. The first-order chi connectivity index (χ1) is 15.5. The van der Waals surface area contributed by atoms with E-state index in [1.165, 1.54) is 6.08 Å². The number of carbonyl (C=O) groups excluding carboxylic acids is 1. The summed E-state index contributed by atoms with van der Waals surface area (Å²) >= 11 is 6.88. The molecule has 0 saturated heterocycles. The highest BCUT2D eigenvalue weighted by atomic mass is 79.9. The number of carbonyl (C=O) groups is 1. The van der Waals surface area contributed by atoms with Crippen molar-refractivity contribution in [3.63, 3.8) is 0 Å². The molecule has 3 rings (SSSR count). The predicted molar refractivity (Wildman–Crippen MR) is 132 cm³/mol. The molecule has 0 bridgehead atoms. The van der Waals surface area contributed by atoms with Gasteiger partial charge in [-0.1, -0.05) is 68.3 Å². The minimum atomic E-state index is -0.500. The molecule has 7 heteroatoms. The average molecular weight is 556 g/mol. The van der Waals surface area contributed by atoms with Crippen molar-refractivity contribution in [2.75, 3.05) is 11.9 Å². The van der Waals surface area contributed by atoms with E-state index in [9.17, 15) is 10.1 Å². The summed E-state index contributed by atoms with van der Waals surface area (Å²) in [5.41, 5.74) is 2.21. The summed E-state index contributed by atoms with van der Waals surface area (Å²) in [6, 6.07) is 22.5. The molecular weight excluding hydrogens is 536 g/mol. The van der Waals surface area contributed by atoms with Gasteiger partial charge in [-0.2, -0.15) is 5.26 Å². The van der Waals surface area contributed by atoms with Crippen molar-refractivity contribution in [3.05, 3.63) is 92.4 Å². The fraction of sp³-hybridized carbons (Fsp3) is 0.120. The summed E-state index contributed by atoms with van der Waals surface area (Å²) in [4.78, 5) is 12.6. The van der Waals surface area contributed by atoms with Crippen molar-refractivity contribution < 1.29 is 14.3 Å². The number of nitrogens with one attached hydrogen (secondary N) is 1. The second kappa shape index (κ2) is 11.5. The highest BCUT2D eigenvalue weighted by Crippen LogP contribution is 2.35. The van der Waals surface area contributed by atoms with Crippen LogP contribution in [0.15, 0.2) is 81.2 Å². The van der Waals surface area contributed by atoms with E-state index >= 15 is 0 Å². The van der Waals surface area contributed by atoms with Crippen molar-refractivity contribution in [1.29, 1.82) is 5.26 Å². The molecule has 0 aliphatic heterocycles. The van der Waals surface area contributed by atoms with Gasteiger partial charge in [-0.25, -0.2) is 0 Å². The number of nitrogens with zero attached hydrogens (tertiary/aromatic N) is 1. The lowest BCUT2D eigenvalue weighted by Crippen LogP contribution is -2.13. The van der Waals surface area contributed by atoms with Gasteiger partial charge in [-0.3, -0.25) is 4.79 Å². The molecule has 0 saturated carbocycles. The first-order valence-corrected chi connectivity index (χ1v) is 11.4. The van der Waals surface area contributed by atoms with Crippen LogP contribution < -0.4 is 14.8 Å². The van der Waals surface area contributed by atoms with Crippen LogP contribution in [0.2, 0.25) is 0 Å². The first kappa shape index (κ1) is 23.6. The van der Waals surface area contributed by atoms with Crippen LogP contribution in [0.3, 0.4) is 0 Å². The number of hydrogen-bond acceptors (Lipinski definition) is 4. The van der Waals surface area contributed by atoms with Gasteiger partial charge in [-0.05, 0) is 54.5 Å². The molecule has 5 nitrogen and oxygen atoms in total. The van der Waals surface area contributed by atoms with Gasteiger partial charge in [0, 0.05) is 14.6 Å². The molecule has 3 aromatic carbocycles. The standard InChI is InChI=1S/C25H20Br2N2O3/c1-2-31-23-12-18(22(27)14-24(23)32-16-17-7-4-3-5-8-17)11-19(15-28)25(30)29-21-10-6-9-20(26)13-21/h3-14H,2,16H2,1H3,(H,29,30)/b19-11-. The molecule has 1 amide bonds. The lowest BCUT2D eigenvalue weighted by Gasteiger charge is -2.14. The van der Waals surface area contributed by atoms with Crippen LogP contribution in [0.1, 0.15) is 18.1 Å². The molecule has 0 atom stereocenters. The number of amides is 1. The number of ether oxygens (including phenoxy) is 2. The van der Waals surface area contributed by atoms with Crippen LogP contribution in [-0.4, -0.2) is 12.5 Å². The molecule has 0 fully saturated rings. The number of hydrogen-bond donors (Lipinski definition) is 1. The van der Waals surface area contributed by atoms with Gasteiger partial charge < -0.3 is 14.8 Å². The van der Waals surface area contributed by atoms with Gasteiger partial charge in [0.2, 0.25) is 0 Å². The number of nitriles is 1. The zero-order valence-corrected chi connectivity index (χ0v) is 20.4. The lowest BCUT2D eigenvalue weighted by atomic mass is 10.1. The summed E-state index contributed by atoms with van der Waals surface area (Å²) in [6.45, 7) is 2.71. The number of benzene rings is 3. The van der Waals surface area contributed by atoms with Crippen molar-refractivity contribution in [2.24, 2.45) is 0 Å². The molecule has 1 N–H and O–H groups in total. The van der Waals surface area contributed by atoms with Crippen molar-refractivity contribution in [1.82, 2.24) is 0 Å². The molecule has 0 unspecified atom stereocenters. The zero-order chi connectivity index (χ0) is 22.9. The van der Waals surface area contributed by atoms with Crippen LogP contribution in [0.4, 0.5) is 5.69 Å². The van der Waals surface area contributed by atoms with Gasteiger partial charge in [0.25, 0.3) is 5.91 Å². The smallest absolute Gasteiger partial charge is 0.266 e. The highest BCUT2D eigenvalue weighted by molar-refractivity contribution is 9.10. The molecule has 0 aliphatic rings. The third-order valence-corrected chi connectivity index (χ3v) is 5.53. The Labute approximate surface area is 203 Å². The minimum Gasteiger partial charge on any atom is -0.490 e. The topological polar surface area (TPSA) is 71.3 Å². The molecule has 162 valence electrons. The highest BCUT2D eigenvalue weighted by Gasteiger charge is 2.14. The Morgan fingerprint density at radius 1 is 1.03 bits per heavy atom. The molecule has 0 aromatic heterocycles. The summed E-state index contributed by atoms with van der Waals surface area (Å²) in [5, 5.41) is 12.3. The second-order valence-electron chi connectivity index (χ2n) is 6.66. The normalized spacial score (nSPS) is 10.9. The van der Waals surface area contributed by atoms with E-state index in [1.54, 1.807) is 30.3 Å². The molecule has 0 heterocycles. The minimum absolute atomic E-state index is 0.0360. The second-order valence-corrected chi connectivity index (χ2v) is 8.43. The van der Waals surface area contributed by atoms with Crippen molar-refractivity contribution in [2.45, 2.75) is 13.5 Å². The van der Waals surface area contributed by atoms with E-state index in [0.29, 0.717) is 40.4 Å². The van der Waals surface area contributed by atoms with E-state index in [0.717, 1.165) is 10.0 Å². The SMILES string of the molecule is CCOc1cc(/C=C(/C#N)C(=O)Nc2cccc(Br)c2)c(Br)cc1OCc1ccccc1. The Hall–Kier alpha value is -3.08. The van der Waals surface area contributed by atoms with Crippen LogP contribution in [-0.2, 0) is 11.4 Å². The fourth-order valence-electron chi connectivity index (χ4n) is 2.85. The Morgan fingerprint density at radius 2 is 1.78 bits per heavy atom. The maximum absolute atomic E-state index is 12.6. The van der Waals surface area contributed by atoms with Crippen LogP contribution in [0.25, 0.3) is 6.08 Å². The summed E-state index contributed by atoms with van der Waals surface area (Å²) in [5.74, 6) is 0.597. The zero-order valence-electron chi connectivity index (χ0n) is 17.3. The van der Waals surface area contributed by atoms with Crippen molar-refractivity contribution >= 4 is 49.5 Å². The fourth-order valence-corrected chi connectivity index (χ4v) is 3.68. The number of rotatable bonds is 8. The summed E-state index contributed by atoms with van der Waals surface area (Å²) in [6.07, 6.45) is 1.51. The van der Waals surface area contributed by atoms with Crippen LogP contribution in [0.5, 0.6) is 11.5 Å². The van der Waals surface area contributed by atoms with Gasteiger partial charge in [0.05, 0.1) is 6.61 Å².